The van der Waals surface area contributed by atoms with Crippen molar-refractivity contribution >= 4 is 23.1 Å². The number of nitrogens with zero attached hydrogens (tertiary/aromatic N) is 2. The third kappa shape index (κ3) is 1.94. The average molecular weight is 241 g/mol. The van der Waals surface area contributed by atoms with E-state index in [4.69, 9.17) is 16.7 Å². The van der Waals surface area contributed by atoms with E-state index in [2.05, 4.69) is 4.98 Å². The Bertz CT molecular complexity index is 550. The number of halogens is 1. The van der Waals surface area contributed by atoms with Gasteiger partial charge in [0.2, 0.25) is 0 Å². The van der Waals surface area contributed by atoms with E-state index in [0.29, 0.717) is 16.5 Å². The third-order valence-electron chi connectivity index (χ3n) is 2.21. The molecule has 0 unspecified atom stereocenters. The summed E-state index contributed by atoms with van der Waals surface area (Å²) in [7, 11) is 0. The number of fused-ring (bicyclic) bond motifs is 1. The maximum atomic E-state index is 10.5. The second kappa shape index (κ2) is 4.02. The molecule has 0 atom stereocenters. The summed E-state index contributed by atoms with van der Waals surface area (Å²) < 4.78 is 1.60. The fourth-order valence-electron chi connectivity index (χ4n) is 1.49. The van der Waals surface area contributed by atoms with Crippen LogP contribution < -0.4 is 0 Å². The Hall–Kier alpha value is -1.75. The van der Waals surface area contributed by atoms with Gasteiger partial charge in [-0.2, -0.15) is 0 Å². The highest BCUT2D eigenvalue weighted by molar-refractivity contribution is 6.32. The molecular weight excluding hydrogens is 232 g/mol. The minimum absolute atomic E-state index is 0.0227. The molecule has 5 nitrogen and oxygen atoms in total. The summed E-state index contributed by atoms with van der Waals surface area (Å²) in [6.45, 7) is 0. The number of aromatic nitrogens is 2. The molecule has 2 heterocycles. The molecule has 0 spiro atoms. The largest absolute Gasteiger partial charge is 0.506 e. The number of carboxylic acid groups (broad SMARTS) is 1. The number of aromatic hydroxyl groups is 1. The number of carboxylic acids is 1. The van der Waals surface area contributed by atoms with Crippen molar-refractivity contribution in [1.29, 1.82) is 0 Å². The van der Waals surface area contributed by atoms with E-state index in [1.54, 1.807) is 10.5 Å². The van der Waals surface area contributed by atoms with Crippen molar-refractivity contribution in [3.05, 3.63) is 29.3 Å². The molecule has 2 rings (SSSR count). The molecule has 2 aromatic rings. The van der Waals surface area contributed by atoms with E-state index in [9.17, 15) is 9.90 Å². The summed E-state index contributed by atoms with van der Waals surface area (Å²) in [5.74, 6) is -0.288. The number of aliphatic carboxylic acids is 1. The fourth-order valence-corrected chi connectivity index (χ4v) is 1.74. The minimum atomic E-state index is -0.895. The first-order chi connectivity index (χ1) is 7.58. The van der Waals surface area contributed by atoms with Crippen LogP contribution in [0.1, 0.15) is 12.2 Å². The molecule has 16 heavy (non-hydrogen) atoms. The van der Waals surface area contributed by atoms with Gasteiger partial charge in [0.05, 0.1) is 18.1 Å². The van der Waals surface area contributed by atoms with E-state index < -0.39 is 5.97 Å². The highest BCUT2D eigenvalue weighted by atomic mass is 35.5. The van der Waals surface area contributed by atoms with Gasteiger partial charge in [-0.1, -0.05) is 11.6 Å². The molecule has 0 aliphatic rings. The van der Waals surface area contributed by atoms with Gasteiger partial charge < -0.3 is 10.2 Å². The minimum Gasteiger partial charge on any atom is -0.506 e. The SMILES string of the molecule is O=C(O)CCc1nc(Cl)c2ccc(O)cn12. The zero-order valence-corrected chi connectivity index (χ0v) is 8.98. The molecule has 0 amide bonds. The van der Waals surface area contributed by atoms with E-state index in [-0.39, 0.29) is 18.6 Å². The summed E-state index contributed by atoms with van der Waals surface area (Å²) in [6.07, 6.45) is 1.71. The Kier molecular flexibility index (Phi) is 2.70. The number of rotatable bonds is 3. The first-order valence-electron chi connectivity index (χ1n) is 4.65. The second-order valence-corrected chi connectivity index (χ2v) is 3.71. The van der Waals surface area contributed by atoms with Gasteiger partial charge in [-0.25, -0.2) is 4.98 Å². The van der Waals surface area contributed by atoms with Gasteiger partial charge in [-0.15, -0.1) is 0 Å². The summed E-state index contributed by atoms with van der Waals surface area (Å²) in [4.78, 5) is 14.5. The van der Waals surface area contributed by atoms with Crippen LogP contribution in [0.3, 0.4) is 0 Å². The molecule has 0 saturated heterocycles. The second-order valence-electron chi connectivity index (χ2n) is 3.36. The van der Waals surface area contributed by atoms with Crippen LogP contribution >= 0.6 is 11.6 Å². The Labute approximate surface area is 95.9 Å². The van der Waals surface area contributed by atoms with Gasteiger partial charge in [0.25, 0.3) is 0 Å². The maximum Gasteiger partial charge on any atom is 0.303 e. The predicted octanol–water partition coefficient (Wildman–Crippen LogP) is 1.71. The highest BCUT2D eigenvalue weighted by Crippen LogP contribution is 2.21. The molecular formula is C10H9ClN2O3. The van der Waals surface area contributed by atoms with Crippen molar-refractivity contribution < 1.29 is 15.0 Å². The zero-order chi connectivity index (χ0) is 11.7. The van der Waals surface area contributed by atoms with Crippen molar-refractivity contribution in [3.8, 4) is 5.75 Å². The van der Waals surface area contributed by atoms with Crippen LogP contribution in [0.2, 0.25) is 5.15 Å². The van der Waals surface area contributed by atoms with Crippen LogP contribution in [0, 0.1) is 0 Å². The molecule has 0 aliphatic carbocycles. The Balaban J connectivity index is 2.44. The van der Waals surface area contributed by atoms with E-state index >= 15 is 0 Å². The lowest BCUT2D eigenvalue weighted by Crippen LogP contribution is -2.01. The highest BCUT2D eigenvalue weighted by Gasteiger charge is 2.10. The van der Waals surface area contributed by atoms with E-state index in [1.165, 1.54) is 12.3 Å². The standard InChI is InChI=1S/C10H9ClN2O3/c11-10-7-2-1-6(14)5-13(7)8(12-10)3-4-9(15)16/h1-2,5,14H,3-4H2,(H,15,16). The molecule has 0 bridgehead atoms. The molecule has 0 fully saturated rings. The van der Waals surface area contributed by atoms with Gasteiger partial charge in [-0.3, -0.25) is 9.20 Å². The molecule has 0 saturated carbocycles. The van der Waals surface area contributed by atoms with Crippen LogP contribution in [0.25, 0.3) is 5.52 Å². The first kappa shape index (κ1) is 10.8. The van der Waals surface area contributed by atoms with Crippen LogP contribution in [0.4, 0.5) is 0 Å². The van der Waals surface area contributed by atoms with Crippen LogP contribution in [-0.4, -0.2) is 25.6 Å². The molecule has 0 aliphatic heterocycles. The van der Waals surface area contributed by atoms with Gasteiger partial charge >= 0.3 is 5.97 Å². The fraction of sp³-hybridized carbons (Fsp3) is 0.200. The number of pyridine rings is 1. The number of hydrogen-bond acceptors (Lipinski definition) is 3. The number of carbonyl (C=O) groups is 1. The van der Waals surface area contributed by atoms with Crippen LogP contribution in [0.5, 0.6) is 5.75 Å². The lowest BCUT2D eigenvalue weighted by atomic mass is 10.3. The summed E-state index contributed by atoms with van der Waals surface area (Å²) in [6, 6.07) is 3.14. The molecule has 84 valence electrons. The predicted molar refractivity (Wildman–Crippen MR) is 57.8 cm³/mol. The van der Waals surface area contributed by atoms with Crippen molar-refractivity contribution in [1.82, 2.24) is 9.38 Å². The average Bonchev–Trinajstić information content (AvgIpc) is 2.52. The first-order valence-corrected chi connectivity index (χ1v) is 5.03. The van der Waals surface area contributed by atoms with Crippen molar-refractivity contribution in [3.63, 3.8) is 0 Å². The molecule has 6 heteroatoms. The Morgan fingerprint density at radius 3 is 2.94 bits per heavy atom. The van der Waals surface area contributed by atoms with Crippen molar-refractivity contribution in [2.75, 3.05) is 0 Å². The molecule has 0 aromatic carbocycles. The van der Waals surface area contributed by atoms with Gasteiger partial charge in [0, 0.05) is 6.42 Å². The third-order valence-corrected chi connectivity index (χ3v) is 2.49. The molecule has 2 N–H and O–H groups in total. The summed E-state index contributed by atoms with van der Waals surface area (Å²) >= 11 is 5.88. The van der Waals surface area contributed by atoms with Crippen LogP contribution in [0.15, 0.2) is 18.3 Å². The molecule has 2 aromatic heterocycles. The number of imidazole rings is 1. The maximum absolute atomic E-state index is 10.5. The van der Waals surface area contributed by atoms with Crippen molar-refractivity contribution in [2.45, 2.75) is 12.8 Å². The van der Waals surface area contributed by atoms with E-state index in [1.807, 2.05) is 0 Å². The van der Waals surface area contributed by atoms with Gasteiger partial charge in [-0.05, 0) is 12.1 Å². The van der Waals surface area contributed by atoms with E-state index in [0.717, 1.165) is 0 Å². The summed E-state index contributed by atoms with van der Waals surface area (Å²) in [5, 5.41) is 18.2. The topological polar surface area (TPSA) is 74.8 Å². The van der Waals surface area contributed by atoms with Crippen molar-refractivity contribution in [2.24, 2.45) is 0 Å². The van der Waals surface area contributed by atoms with Gasteiger partial charge in [0.15, 0.2) is 5.15 Å². The smallest absolute Gasteiger partial charge is 0.303 e. The zero-order valence-electron chi connectivity index (χ0n) is 8.22. The summed E-state index contributed by atoms with van der Waals surface area (Å²) in [5.41, 5.74) is 0.653. The lowest BCUT2D eigenvalue weighted by Gasteiger charge is -1.99. The Morgan fingerprint density at radius 2 is 2.25 bits per heavy atom. The number of aryl methyl sites for hydroxylation is 1. The van der Waals surface area contributed by atoms with Gasteiger partial charge in [0.1, 0.15) is 11.6 Å². The van der Waals surface area contributed by atoms with Crippen LogP contribution in [-0.2, 0) is 11.2 Å². The number of hydrogen-bond donors (Lipinski definition) is 2. The molecule has 0 radical (unpaired) electrons. The normalized spacial score (nSPS) is 10.8. The Morgan fingerprint density at radius 1 is 1.50 bits per heavy atom. The monoisotopic (exact) mass is 240 g/mol. The quantitative estimate of drug-likeness (QED) is 0.857. The lowest BCUT2D eigenvalue weighted by molar-refractivity contribution is -0.137.